The molecule has 0 aliphatic rings. The molecule has 1 atom stereocenters. The van der Waals surface area contributed by atoms with Gasteiger partial charge in [0.1, 0.15) is 11.8 Å². The molecule has 0 aliphatic heterocycles. The second-order valence-corrected chi connectivity index (χ2v) is 5.37. The molecule has 0 spiro atoms. The summed E-state index contributed by atoms with van der Waals surface area (Å²) in [5.74, 6) is -0.0534. The molecule has 0 heterocycles. The molecule has 1 rings (SSSR count). The molecule has 0 saturated carbocycles. The van der Waals surface area contributed by atoms with Crippen LogP contribution in [-0.2, 0) is 16.1 Å². The lowest BCUT2D eigenvalue weighted by Crippen LogP contribution is -2.46. The molecule has 0 radical (unpaired) electrons. The number of nitrogens with one attached hydrogen (secondary N) is 1. The molecule has 0 aliphatic carbocycles. The Morgan fingerprint density at radius 1 is 1.44 bits per heavy atom. The minimum absolute atomic E-state index is 0.222. The van der Waals surface area contributed by atoms with Gasteiger partial charge in [-0.05, 0) is 23.1 Å². The van der Waals surface area contributed by atoms with Crippen LogP contribution in [0.2, 0.25) is 0 Å². The molecular weight excluding hydrogens is 230 g/mol. The van der Waals surface area contributed by atoms with Crippen LogP contribution in [0.1, 0.15) is 26.3 Å². The van der Waals surface area contributed by atoms with E-state index in [0.29, 0.717) is 6.54 Å². The summed E-state index contributed by atoms with van der Waals surface area (Å²) >= 11 is 0. The fraction of sp³-hybridized carbons (Fsp3) is 0.500. The molecule has 4 heteroatoms. The minimum atomic E-state index is -0.384. The first-order chi connectivity index (χ1) is 8.34. The molecule has 0 saturated heterocycles. The number of rotatable bonds is 4. The molecule has 4 nitrogen and oxygen atoms in total. The summed E-state index contributed by atoms with van der Waals surface area (Å²) in [4.78, 5) is 11.7. The zero-order valence-corrected chi connectivity index (χ0v) is 11.4. The quantitative estimate of drug-likeness (QED) is 0.804. The van der Waals surface area contributed by atoms with Crippen LogP contribution in [0.25, 0.3) is 0 Å². The number of esters is 1. The van der Waals surface area contributed by atoms with Crippen molar-refractivity contribution < 1.29 is 14.6 Å². The van der Waals surface area contributed by atoms with Crippen molar-refractivity contribution in [2.24, 2.45) is 5.41 Å². The Labute approximate surface area is 108 Å². The fourth-order valence-electron chi connectivity index (χ4n) is 1.75. The van der Waals surface area contributed by atoms with Crippen molar-refractivity contribution >= 4 is 5.97 Å². The predicted octanol–water partition coefficient (Wildman–Crippen LogP) is 2.07. The van der Waals surface area contributed by atoms with Gasteiger partial charge in [-0.2, -0.15) is 0 Å². The summed E-state index contributed by atoms with van der Waals surface area (Å²) in [6.45, 7) is 6.43. The minimum Gasteiger partial charge on any atom is -0.508 e. The van der Waals surface area contributed by atoms with Crippen molar-refractivity contribution in [2.45, 2.75) is 33.4 Å². The van der Waals surface area contributed by atoms with E-state index < -0.39 is 0 Å². The van der Waals surface area contributed by atoms with E-state index in [0.717, 1.165) is 5.56 Å². The number of aromatic hydroxyl groups is 1. The summed E-state index contributed by atoms with van der Waals surface area (Å²) in [6.07, 6.45) is 0. The van der Waals surface area contributed by atoms with Gasteiger partial charge in [0.05, 0.1) is 7.11 Å². The maximum absolute atomic E-state index is 11.7. The maximum Gasteiger partial charge on any atom is 0.323 e. The van der Waals surface area contributed by atoms with Gasteiger partial charge >= 0.3 is 5.97 Å². The Bertz CT molecular complexity index is 410. The van der Waals surface area contributed by atoms with Gasteiger partial charge in [0, 0.05) is 6.54 Å². The third-order valence-electron chi connectivity index (χ3n) is 2.72. The van der Waals surface area contributed by atoms with Gasteiger partial charge in [0.25, 0.3) is 0 Å². The highest BCUT2D eigenvalue weighted by Crippen LogP contribution is 2.21. The van der Waals surface area contributed by atoms with Gasteiger partial charge in [0.2, 0.25) is 0 Å². The molecule has 0 unspecified atom stereocenters. The highest BCUT2D eigenvalue weighted by molar-refractivity contribution is 5.76. The number of phenolic OH excluding ortho intramolecular Hbond substituents is 1. The van der Waals surface area contributed by atoms with Gasteiger partial charge in [-0.25, -0.2) is 0 Å². The zero-order valence-electron chi connectivity index (χ0n) is 11.4. The van der Waals surface area contributed by atoms with Crippen molar-refractivity contribution in [1.82, 2.24) is 5.32 Å². The monoisotopic (exact) mass is 251 g/mol. The van der Waals surface area contributed by atoms with E-state index in [1.807, 2.05) is 26.8 Å². The Kier molecular flexibility index (Phi) is 4.73. The number of benzene rings is 1. The Morgan fingerprint density at radius 2 is 2.11 bits per heavy atom. The molecular formula is C14H21NO3. The lowest BCUT2D eigenvalue weighted by atomic mass is 9.86. The molecule has 1 aromatic carbocycles. The number of carbonyl (C=O) groups excluding carboxylic acids is 1. The Morgan fingerprint density at radius 3 is 2.61 bits per heavy atom. The van der Waals surface area contributed by atoms with Crippen LogP contribution in [0, 0.1) is 5.41 Å². The first-order valence-electron chi connectivity index (χ1n) is 5.93. The van der Waals surface area contributed by atoms with Crippen molar-refractivity contribution in [3.8, 4) is 5.75 Å². The van der Waals surface area contributed by atoms with Gasteiger partial charge in [-0.15, -0.1) is 0 Å². The van der Waals surface area contributed by atoms with Crippen LogP contribution in [0.5, 0.6) is 5.75 Å². The van der Waals surface area contributed by atoms with E-state index in [9.17, 15) is 9.90 Å². The van der Waals surface area contributed by atoms with E-state index in [4.69, 9.17) is 4.74 Å². The van der Waals surface area contributed by atoms with Gasteiger partial charge in [-0.3, -0.25) is 10.1 Å². The third kappa shape index (κ3) is 4.04. The summed E-state index contributed by atoms with van der Waals surface area (Å²) in [6, 6.07) is 6.57. The van der Waals surface area contributed by atoms with E-state index >= 15 is 0 Å². The molecule has 18 heavy (non-hydrogen) atoms. The van der Waals surface area contributed by atoms with E-state index in [1.54, 1.807) is 18.2 Å². The average molecular weight is 251 g/mol. The largest absolute Gasteiger partial charge is 0.508 e. The van der Waals surface area contributed by atoms with Crippen LogP contribution in [-0.4, -0.2) is 24.2 Å². The van der Waals surface area contributed by atoms with Crippen molar-refractivity contribution in [1.29, 1.82) is 0 Å². The van der Waals surface area contributed by atoms with E-state index in [2.05, 4.69) is 5.32 Å². The first kappa shape index (κ1) is 14.5. The number of hydrogen-bond donors (Lipinski definition) is 2. The lowest BCUT2D eigenvalue weighted by molar-refractivity contribution is -0.146. The summed E-state index contributed by atoms with van der Waals surface area (Å²) in [7, 11) is 1.39. The molecule has 0 bridgehead atoms. The number of ether oxygens (including phenoxy) is 1. The van der Waals surface area contributed by atoms with Gasteiger partial charge < -0.3 is 9.84 Å². The summed E-state index contributed by atoms with van der Waals surface area (Å²) in [5, 5.41) is 12.5. The highest BCUT2D eigenvalue weighted by Gasteiger charge is 2.31. The van der Waals surface area contributed by atoms with Gasteiger partial charge in [-0.1, -0.05) is 32.9 Å². The van der Waals surface area contributed by atoms with Crippen LogP contribution < -0.4 is 5.32 Å². The van der Waals surface area contributed by atoms with E-state index in [-0.39, 0.29) is 23.2 Å². The predicted molar refractivity (Wildman–Crippen MR) is 70.2 cm³/mol. The topological polar surface area (TPSA) is 58.6 Å². The van der Waals surface area contributed by atoms with Gasteiger partial charge in [0.15, 0.2) is 0 Å². The van der Waals surface area contributed by atoms with E-state index in [1.165, 1.54) is 7.11 Å². The summed E-state index contributed by atoms with van der Waals surface area (Å²) < 4.78 is 4.80. The van der Waals surface area contributed by atoms with Crippen molar-refractivity contribution in [3.63, 3.8) is 0 Å². The van der Waals surface area contributed by atoms with Crippen LogP contribution in [0.4, 0.5) is 0 Å². The number of phenols is 1. The first-order valence-corrected chi connectivity index (χ1v) is 5.93. The normalized spacial score (nSPS) is 13.1. The third-order valence-corrected chi connectivity index (χ3v) is 2.72. The number of carbonyl (C=O) groups is 1. The lowest BCUT2D eigenvalue weighted by Gasteiger charge is -2.29. The molecule has 1 aromatic rings. The second-order valence-electron chi connectivity index (χ2n) is 5.37. The van der Waals surface area contributed by atoms with Crippen molar-refractivity contribution in [3.05, 3.63) is 29.8 Å². The second kappa shape index (κ2) is 5.87. The Balaban J connectivity index is 2.71. The van der Waals surface area contributed by atoms with Crippen LogP contribution >= 0.6 is 0 Å². The molecule has 0 amide bonds. The Hall–Kier alpha value is -1.55. The standard InChI is InChI=1S/C14H21NO3/c1-14(2,3)12(13(17)18-4)15-9-10-6-5-7-11(16)8-10/h5-8,12,15-16H,9H2,1-4H3/t12-/m0/s1. The maximum atomic E-state index is 11.7. The number of methoxy groups -OCH3 is 1. The molecule has 2 N–H and O–H groups in total. The molecule has 0 fully saturated rings. The smallest absolute Gasteiger partial charge is 0.323 e. The highest BCUT2D eigenvalue weighted by atomic mass is 16.5. The number of hydrogen-bond acceptors (Lipinski definition) is 4. The van der Waals surface area contributed by atoms with Crippen LogP contribution in [0.3, 0.4) is 0 Å². The fourth-order valence-corrected chi connectivity index (χ4v) is 1.75. The SMILES string of the molecule is COC(=O)[C@H](NCc1cccc(O)c1)C(C)(C)C. The summed E-state index contributed by atoms with van der Waals surface area (Å²) in [5.41, 5.74) is 0.692. The van der Waals surface area contributed by atoms with Crippen LogP contribution in [0.15, 0.2) is 24.3 Å². The average Bonchev–Trinajstić information content (AvgIpc) is 2.27. The molecule has 100 valence electrons. The van der Waals surface area contributed by atoms with Crippen molar-refractivity contribution in [2.75, 3.05) is 7.11 Å². The zero-order chi connectivity index (χ0) is 13.8. The molecule has 0 aromatic heterocycles.